The lowest BCUT2D eigenvalue weighted by atomic mass is 9.96. The first-order chi connectivity index (χ1) is 12.1. The molecule has 1 N–H and O–H groups in total. The van der Waals surface area contributed by atoms with E-state index in [-0.39, 0.29) is 24.0 Å². The van der Waals surface area contributed by atoms with E-state index in [1.807, 2.05) is 0 Å². The third kappa shape index (κ3) is 7.70. The molecule has 1 aliphatic rings. The zero-order valence-electron chi connectivity index (χ0n) is 16.7. The van der Waals surface area contributed by atoms with Gasteiger partial charge in [-0.2, -0.15) is 0 Å². The fraction of sp³-hybridized carbons (Fsp3) is 0.650. The first kappa shape index (κ1) is 23.0. The van der Waals surface area contributed by atoms with Crippen molar-refractivity contribution in [3.63, 3.8) is 0 Å². The van der Waals surface area contributed by atoms with Crippen LogP contribution in [0.15, 0.2) is 29.3 Å². The van der Waals surface area contributed by atoms with Crippen molar-refractivity contribution in [3.8, 4) is 0 Å². The number of hydrogen-bond donors (Lipinski definition) is 1. The van der Waals surface area contributed by atoms with Gasteiger partial charge in [-0.3, -0.25) is 0 Å². The highest BCUT2D eigenvalue weighted by Crippen LogP contribution is 2.18. The van der Waals surface area contributed by atoms with Crippen molar-refractivity contribution in [2.24, 2.45) is 10.9 Å². The fourth-order valence-electron chi connectivity index (χ4n) is 3.09. The minimum Gasteiger partial charge on any atom is -0.381 e. The summed E-state index contributed by atoms with van der Waals surface area (Å²) in [6.45, 7) is 6.59. The van der Waals surface area contributed by atoms with Crippen molar-refractivity contribution in [2.75, 3.05) is 52.3 Å². The predicted molar refractivity (Wildman–Crippen MR) is 122 cm³/mol. The molecule has 0 amide bonds. The molecular weight excluding hydrogens is 439 g/mol. The van der Waals surface area contributed by atoms with Crippen molar-refractivity contribution >= 4 is 35.6 Å². The van der Waals surface area contributed by atoms with E-state index in [0.717, 1.165) is 38.2 Å². The minimum atomic E-state index is 0. The van der Waals surface area contributed by atoms with Crippen LogP contribution >= 0.6 is 24.0 Å². The maximum Gasteiger partial charge on any atom is 0.193 e. The molecule has 1 aromatic rings. The van der Waals surface area contributed by atoms with Gasteiger partial charge >= 0.3 is 0 Å². The van der Waals surface area contributed by atoms with E-state index in [1.165, 1.54) is 30.5 Å². The number of hydrogen-bond acceptors (Lipinski definition) is 3. The Morgan fingerprint density at radius 3 is 2.62 bits per heavy atom. The van der Waals surface area contributed by atoms with Crippen molar-refractivity contribution in [2.45, 2.75) is 32.7 Å². The van der Waals surface area contributed by atoms with Crippen LogP contribution in [-0.4, -0.2) is 58.3 Å². The average Bonchev–Trinajstić information content (AvgIpc) is 2.64. The molecule has 6 heteroatoms. The van der Waals surface area contributed by atoms with Crippen LogP contribution in [0.1, 0.15) is 31.7 Å². The van der Waals surface area contributed by atoms with Crippen LogP contribution in [0.3, 0.4) is 0 Å². The number of nitrogens with one attached hydrogen (secondary N) is 1. The van der Waals surface area contributed by atoms with Crippen LogP contribution < -0.4 is 10.2 Å². The van der Waals surface area contributed by atoms with E-state index in [0.29, 0.717) is 6.54 Å². The van der Waals surface area contributed by atoms with Crippen LogP contribution in [0, 0.1) is 5.92 Å². The lowest BCUT2D eigenvalue weighted by Crippen LogP contribution is -2.40. The molecule has 0 unspecified atom stereocenters. The van der Waals surface area contributed by atoms with Crippen molar-refractivity contribution in [1.82, 2.24) is 10.2 Å². The molecular formula is C20H35IN4O. The summed E-state index contributed by atoms with van der Waals surface area (Å²) in [6.07, 6.45) is 3.60. The molecule has 0 atom stereocenters. The summed E-state index contributed by atoms with van der Waals surface area (Å²) in [7, 11) is 6.27. The SMILES string of the molecule is CCNC(=NCc1cccc(N(C)C)c1)N(C)CCC1CCOCC1.I. The molecule has 5 nitrogen and oxygen atoms in total. The van der Waals surface area contributed by atoms with Gasteiger partial charge in [-0.05, 0) is 49.8 Å². The lowest BCUT2D eigenvalue weighted by molar-refractivity contribution is 0.0625. The molecule has 0 spiro atoms. The number of ether oxygens (including phenoxy) is 1. The summed E-state index contributed by atoms with van der Waals surface area (Å²) < 4.78 is 5.45. The van der Waals surface area contributed by atoms with Crippen molar-refractivity contribution < 1.29 is 4.74 Å². The number of anilines is 1. The monoisotopic (exact) mass is 474 g/mol. The van der Waals surface area contributed by atoms with E-state index in [1.54, 1.807) is 0 Å². The maximum atomic E-state index is 5.45. The number of guanidine groups is 1. The van der Waals surface area contributed by atoms with Crippen LogP contribution in [0.25, 0.3) is 0 Å². The van der Waals surface area contributed by atoms with E-state index in [2.05, 4.69) is 67.4 Å². The third-order valence-electron chi connectivity index (χ3n) is 4.75. The van der Waals surface area contributed by atoms with Gasteiger partial charge in [0.05, 0.1) is 6.54 Å². The Bertz CT molecular complexity index is 544. The highest BCUT2D eigenvalue weighted by molar-refractivity contribution is 14.0. The Balaban J connectivity index is 0.00000338. The molecule has 26 heavy (non-hydrogen) atoms. The van der Waals surface area contributed by atoms with Gasteiger partial charge in [0.2, 0.25) is 0 Å². The van der Waals surface area contributed by atoms with Gasteiger partial charge in [-0.25, -0.2) is 4.99 Å². The fourth-order valence-corrected chi connectivity index (χ4v) is 3.09. The summed E-state index contributed by atoms with van der Waals surface area (Å²) in [5.74, 6) is 1.78. The van der Waals surface area contributed by atoms with Crippen LogP contribution in [0.2, 0.25) is 0 Å². The van der Waals surface area contributed by atoms with Gasteiger partial charge in [-0.1, -0.05) is 12.1 Å². The molecule has 0 aliphatic carbocycles. The van der Waals surface area contributed by atoms with Gasteiger partial charge in [0.1, 0.15) is 0 Å². The van der Waals surface area contributed by atoms with Gasteiger partial charge < -0.3 is 19.9 Å². The molecule has 1 aromatic carbocycles. The van der Waals surface area contributed by atoms with Crippen molar-refractivity contribution in [1.29, 1.82) is 0 Å². The Labute approximate surface area is 176 Å². The second-order valence-corrected chi connectivity index (χ2v) is 7.00. The Hall–Kier alpha value is -1.02. The molecule has 1 saturated heterocycles. The molecule has 1 heterocycles. The normalized spacial score (nSPS) is 15.3. The zero-order chi connectivity index (χ0) is 18.1. The summed E-state index contributed by atoms with van der Waals surface area (Å²) in [5.41, 5.74) is 2.45. The predicted octanol–water partition coefficient (Wildman–Crippen LogP) is 3.58. The largest absolute Gasteiger partial charge is 0.381 e. The topological polar surface area (TPSA) is 40.1 Å². The molecule has 1 aliphatic heterocycles. The van der Waals surface area contributed by atoms with Crippen molar-refractivity contribution in [3.05, 3.63) is 29.8 Å². The Morgan fingerprint density at radius 1 is 1.23 bits per heavy atom. The standard InChI is InChI=1S/C20H34N4O.HI/c1-5-21-20(24(4)12-9-17-10-13-25-14-11-17)22-16-18-7-6-8-19(15-18)23(2)3;/h6-8,15,17H,5,9-14,16H2,1-4H3,(H,21,22);1H. The third-order valence-corrected chi connectivity index (χ3v) is 4.75. The average molecular weight is 474 g/mol. The molecule has 0 radical (unpaired) electrons. The Kier molecular flexibility index (Phi) is 11.0. The molecule has 0 aromatic heterocycles. The number of rotatable bonds is 7. The highest BCUT2D eigenvalue weighted by atomic mass is 127. The summed E-state index contributed by atoms with van der Waals surface area (Å²) in [5, 5.41) is 3.42. The smallest absolute Gasteiger partial charge is 0.193 e. The van der Waals surface area contributed by atoms with E-state index >= 15 is 0 Å². The molecule has 0 saturated carbocycles. The maximum absolute atomic E-state index is 5.45. The van der Waals surface area contributed by atoms with Crippen LogP contribution in [0.4, 0.5) is 5.69 Å². The van der Waals surface area contributed by atoms with Crippen LogP contribution in [-0.2, 0) is 11.3 Å². The number of aliphatic imine (C=N–C) groups is 1. The molecule has 0 bridgehead atoms. The van der Waals surface area contributed by atoms with Crippen LogP contribution in [0.5, 0.6) is 0 Å². The first-order valence-electron chi connectivity index (χ1n) is 9.43. The quantitative estimate of drug-likeness (QED) is 0.373. The van der Waals surface area contributed by atoms with Gasteiger partial charge in [0.25, 0.3) is 0 Å². The van der Waals surface area contributed by atoms with Gasteiger partial charge in [0.15, 0.2) is 5.96 Å². The zero-order valence-corrected chi connectivity index (χ0v) is 19.0. The second kappa shape index (κ2) is 12.4. The molecule has 1 fully saturated rings. The van der Waals surface area contributed by atoms with E-state index < -0.39 is 0 Å². The Morgan fingerprint density at radius 2 is 1.96 bits per heavy atom. The van der Waals surface area contributed by atoms with E-state index in [9.17, 15) is 0 Å². The second-order valence-electron chi connectivity index (χ2n) is 7.00. The number of nitrogens with zero attached hydrogens (tertiary/aromatic N) is 3. The van der Waals surface area contributed by atoms with E-state index in [4.69, 9.17) is 9.73 Å². The molecule has 148 valence electrons. The highest BCUT2D eigenvalue weighted by Gasteiger charge is 2.15. The lowest BCUT2D eigenvalue weighted by Gasteiger charge is -2.27. The first-order valence-corrected chi connectivity index (χ1v) is 9.43. The van der Waals surface area contributed by atoms with Gasteiger partial charge in [0, 0.05) is 53.1 Å². The summed E-state index contributed by atoms with van der Waals surface area (Å²) in [6, 6.07) is 8.57. The van der Waals surface area contributed by atoms with Gasteiger partial charge in [-0.15, -0.1) is 24.0 Å². The minimum absolute atomic E-state index is 0. The number of halogens is 1. The summed E-state index contributed by atoms with van der Waals surface area (Å²) >= 11 is 0. The summed E-state index contributed by atoms with van der Waals surface area (Å²) in [4.78, 5) is 9.22. The number of benzene rings is 1. The molecule has 2 rings (SSSR count).